The number of carbonyl (C=O) groups excluding carboxylic acids is 2. The summed E-state index contributed by atoms with van der Waals surface area (Å²) in [6, 6.07) is 9.80. The van der Waals surface area contributed by atoms with E-state index in [1.165, 1.54) is 28.4 Å². The fraction of sp³-hybridized carbons (Fsp3) is 0.462. The number of unbranched alkanes of at least 4 members (excludes halogenated alkanes) is 4. The summed E-state index contributed by atoms with van der Waals surface area (Å²) in [5.74, 6) is -0.309. The molecule has 0 aromatic heterocycles. The van der Waals surface area contributed by atoms with Crippen LogP contribution in [-0.2, 0) is 4.57 Å². The smallest absolute Gasteiger partial charge is 0.195 e. The molecule has 0 fully saturated rings. The molecular weight excluding hydrogens is 455 g/mol. The number of carbonyl (C=O) groups is 2. The van der Waals surface area contributed by atoms with Gasteiger partial charge in [0.05, 0.1) is 28.4 Å². The molecule has 0 heterocycles. The summed E-state index contributed by atoms with van der Waals surface area (Å²) in [7, 11) is 5.09. The van der Waals surface area contributed by atoms with Crippen molar-refractivity contribution < 1.29 is 33.1 Å². The molecule has 0 N–H and O–H groups in total. The van der Waals surface area contributed by atoms with E-state index in [0.29, 0.717) is 6.42 Å². The van der Waals surface area contributed by atoms with Crippen LogP contribution >= 0.6 is 8.46 Å². The van der Waals surface area contributed by atoms with Crippen LogP contribution in [0.25, 0.3) is 0 Å². The van der Waals surface area contributed by atoms with E-state index in [1.54, 1.807) is 36.4 Å². The zero-order valence-corrected chi connectivity index (χ0v) is 21.4. The Balaban J connectivity index is 2.70. The SMILES string of the molecule is CCCCCCCC(P=O)(C(=O)c1c(OC)cccc1OC)C(=O)c1c(OC)cccc1OC. The Hall–Kier alpha value is -2.92. The molecule has 0 atom stereocenters. The zero-order valence-electron chi connectivity index (χ0n) is 20.5. The van der Waals surface area contributed by atoms with E-state index in [4.69, 9.17) is 18.9 Å². The molecule has 0 bridgehead atoms. The van der Waals surface area contributed by atoms with Gasteiger partial charge in [-0.2, -0.15) is 0 Å². The number of hydrogen-bond acceptors (Lipinski definition) is 7. The van der Waals surface area contributed by atoms with Gasteiger partial charge in [-0.1, -0.05) is 51.2 Å². The third-order valence-corrected chi connectivity index (χ3v) is 6.80. The molecule has 2 rings (SSSR count). The number of ether oxygens (including phenoxy) is 4. The Kier molecular flexibility index (Phi) is 10.5. The molecular formula is C26H33O7P. The molecule has 0 saturated heterocycles. The van der Waals surface area contributed by atoms with Gasteiger partial charge in [-0.25, -0.2) is 0 Å². The Morgan fingerprint density at radius 2 is 1.09 bits per heavy atom. The quantitative estimate of drug-likeness (QED) is 0.128. The lowest BCUT2D eigenvalue weighted by molar-refractivity contribution is 0.0818. The van der Waals surface area contributed by atoms with E-state index >= 15 is 0 Å². The molecule has 2 aromatic rings. The second-order valence-corrected chi connectivity index (χ2v) is 8.80. The maximum atomic E-state index is 14.1. The average Bonchev–Trinajstić information content (AvgIpc) is 2.89. The minimum atomic E-state index is -1.91. The molecule has 184 valence electrons. The van der Waals surface area contributed by atoms with Gasteiger partial charge in [-0.05, 0) is 30.7 Å². The zero-order chi connectivity index (χ0) is 25.1. The van der Waals surface area contributed by atoms with E-state index in [2.05, 4.69) is 6.92 Å². The second kappa shape index (κ2) is 13.1. The number of ketones is 2. The number of hydrogen-bond donors (Lipinski definition) is 0. The Labute approximate surface area is 202 Å². The Morgan fingerprint density at radius 3 is 1.41 bits per heavy atom. The molecule has 2 aromatic carbocycles. The summed E-state index contributed by atoms with van der Waals surface area (Å²) in [6.45, 7) is 2.11. The van der Waals surface area contributed by atoms with Gasteiger partial charge < -0.3 is 18.9 Å². The molecule has 0 amide bonds. The third-order valence-electron chi connectivity index (χ3n) is 5.86. The maximum absolute atomic E-state index is 14.1. The molecule has 7 nitrogen and oxygen atoms in total. The normalized spacial score (nSPS) is 11.2. The van der Waals surface area contributed by atoms with Crippen molar-refractivity contribution in [3.05, 3.63) is 47.5 Å². The molecule has 0 aliphatic rings. The Bertz CT molecular complexity index is 891. The molecule has 0 aliphatic heterocycles. The molecule has 34 heavy (non-hydrogen) atoms. The van der Waals surface area contributed by atoms with Crippen LogP contribution in [0.3, 0.4) is 0 Å². The summed E-state index contributed by atoms with van der Waals surface area (Å²) in [6.07, 6.45) is 4.49. The lowest BCUT2D eigenvalue weighted by Gasteiger charge is -2.27. The topological polar surface area (TPSA) is 88.1 Å². The monoisotopic (exact) mass is 488 g/mol. The molecule has 0 radical (unpaired) electrons. The van der Waals surface area contributed by atoms with Crippen molar-refractivity contribution in [3.63, 3.8) is 0 Å². The highest BCUT2D eigenvalue weighted by molar-refractivity contribution is 7.30. The predicted molar refractivity (Wildman–Crippen MR) is 131 cm³/mol. The van der Waals surface area contributed by atoms with Crippen LogP contribution in [0.15, 0.2) is 36.4 Å². The highest BCUT2D eigenvalue weighted by Crippen LogP contribution is 2.44. The molecule has 0 saturated carbocycles. The van der Waals surface area contributed by atoms with Crippen LogP contribution in [0.5, 0.6) is 23.0 Å². The lowest BCUT2D eigenvalue weighted by Crippen LogP contribution is -2.42. The van der Waals surface area contributed by atoms with Crippen molar-refractivity contribution in [2.24, 2.45) is 0 Å². The largest absolute Gasteiger partial charge is 0.496 e. The maximum Gasteiger partial charge on any atom is 0.195 e. The number of rotatable bonds is 15. The first-order valence-corrected chi connectivity index (χ1v) is 12.1. The van der Waals surface area contributed by atoms with Crippen molar-refractivity contribution in [3.8, 4) is 23.0 Å². The van der Waals surface area contributed by atoms with Gasteiger partial charge in [-0.15, -0.1) is 0 Å². The van der Waals surface area contributed by atoms with Gasteiger partial charge in [0.2, 0.25) is 0 Å². The summed E-state index contributed by atoms with van der Waals surface area (Å²) < 4.78 is 34.5. The van der Waals surface area contributed by atoms with Crippen molar-refractivity contribution in [2.75, 3.05) is 28.4 Å². The molecule has 0 spiro atoms. The van der Waals surface area contributed by atoms with Crippen molar-refractivity contribution in [1.82, 2.24) is 0 Å². The van der Waals surface area contributed by atoms with Gasteiger partial charge >= 0.3 is 0 Å². The van der Waals surface area contributed by atoms with Crippen molar-refractivity contribution >= 4 is 20.0 Å². The van der Waals surface area contributed by atoms with Crippen LogP contribution in [0, 0.1) is 0 Å². The average molecular weight is 489 g/mol. The summed E-state index contributed by atoms with van der Waals surface area (Å²) in [4.78, 5) is 28.2. The van der Waals surface area contributed by atoms with Gasteiger partial charge in [-0.3, -0.25) is 14.2 Å². The number of methoxy groups -OCH3 is 4. The van der Waals surface area contributed by atoms with Crippen LogP contribution in [0.4, 0.5) is 0 Å². The van der Waals surface area contributed by atoms with Crippen LogP contribution in [0.1, 0.15) is 66.2 Å². The van der Waals surface area contributed by atoms with E-state index in [1.807, 2.05) is 0 Å². The van der Waals surface area contributed by atoms with Crippen molar-refractivity contribution in [2.45, 2.75) is 50.6 Å². The first-order valence-electron chi connectivity index (χ1n) is 11.3. The van der Waals surface area contributed by atoms with Gasteiger partial charge in [0.15, 0.2) is 25.2 Å². The highest BCUT2D eigenvalue weighted by atomic mass is 31.1. The fourth-order valence-electron chi connectivity index (χ4n) is 4.01. The molecule has 8 heteroatoms. The standard InChI is InChI=1S/C26H33O7P/c1-6-7-8-9-10-17-26(34-29,24(27)22-18(30-2)13-11-14-19(22)31-3)25(28)23-20(32-4)15-12-16-21(23)33-5/h11-16H,6-10,17H2,1-5H3. The van der Waals surface area contributed by atoms with E-state index in [0.717, 1.165) is 25.7 Å². The molecule has 0 aliphatic carbocycles. The van der Waals surface area contributed by atoms with Crippen molar-refractivity contribution in [1.29, 1.82) is 0 Å². The first-order chi connectivity index (χ1) is 16.4. The second-order valence-electron chi connectivity index (χ2n) is 7.85. The van der Waals surface area contributed by atoms with E-state index < -0.39 is 25.2 Å². The van der Waals surface area contributed by atoms with Crippen LogP contribution < -0.4 is 18.9 Å². The third kappa shape index (κ3) is 5.58. The van der Waals surface area contributed by atoms with Gasteiger partial charge in [0.1, 0.15) is 34.1 Å². The summed E-state index contributed by atoms with van der Waals surface area (Å²) in [5.41, 5.74) is 0.151. The molecule has 0 unspecified atom stereocenters. The number of benzene rings is 2. The van der Waals surface area contributed by atoms with Gasteiger partial charge in [0.25, 0.3) is 0 Å². The first kappa shape index (κ1) is 27.3. The predicted octanol–water partition coefficient (Wildman–Crippen LogP) is 6.18. The minimum absolute atomic E-state index is 0.0756. The highest BCUT2D eigenvalue weighted by Gasteiger charge is 2.50. The minimum Gasteiger partial charge on any atom is -0.496 e. The number of Topliss-reactive ketones (excluding diaryl/α,β-unsaturated/α-hetero) is 2. The fourth-order valence-corrected chi connectivity index (χ4v) is 4.65. The Morgan fingerprint density at radius 1 is 0.706 bits per heavy atom. The van der Waals surface area contributed by atoms with E-state index in [9.17, 15) is 14.2 Å². The van der Waals surface area contributed by atoms with Gasteiger partial charge in [0, 0.05) is 0 Å². The lowest BCUT2D eigenvalue weighted by atomic mass is 9.83. The summed E-state index contributed by atoms with van der Waals surface area (Å²) in [5, 5.41) is -1.91. The summed E-state index contributed by atoms with van der Waals surface area (Å²) >= 11 is 0. The van der Waals surface area contributed by atoms with E-state index in [-0.39, 0.29) is 40.5 Å². The van der Waals surface area contributed by atoms with Crippen LogP contribution in [-0.4, -0.2) is 45.2 Å². The van der Waals surface area contributed by atoms with Crippen LogP contribution in [0.2, 0.25) is 0 Å².